The van der Waals surface area contributed by atoms with E-state index < -0.39 is 10.0 Å². The van der Waals surface area contributed by atoms with Crippen LogP contribution < -0.4 is 14.4 Å². The van der Waals surface area contributed by atoms with E-state index in [4.69, 9.17) is 16.3 Å². The lowest BCUT2D eigenvalue weighted by Gasteiger charge is -2.34. The molecule has 6 nitrogen and oxygen atoms in total. The lowest BCUT2D eigenvalue weighted by atomic mass is 10.2. The van der Waals surface area contributed by atoms with Crippen molar-refractivity contribution in [3.63, 3.8) is 0 Å². The van der Waals surface area contributed by atoms with Crippen LogP contribution in [0.1, 0.15) is 0 Å². The van der Waals surface area contributed by atoms with Crippen LogP contribution in [0.2, 0.25) is 5.02 Å². The Morgan fingerprint density at radius 3 is 2.31 bits per heavy atom. The number of piperazine rings is 1. The zero-order valence-electron chi connectivity index (χ0n) is 14.8. The Hall–Kier alpha value is -1.96. The largest absolute Gasteiger partial charge is 0.495 e. The molecule has 1 aliphatic heterocycles. The molecule has 0 radical (unpaired) electrons. The average molecular weight is 396 g/mol. The summed E-state index contributed by atoms with van der Waals surface area (Å²) in [7, 11) is -0.269. The van der Waals surface area contributed by atoms with Gasteiger partial charge in [-0.1, -0.05) is 11.6 Å². The van der Waals surface area contributed by atoms with Crippen molar-refractivity contribution in [1.82, 2.24) is 4.90 Å². The number of benzene rings is 2. The van der Waals surface area contributed by atoms with Gasteiger partial charge in [0.15, 0.2) is 0 Å². The van der Waals surface area contributed by atoms with Gasteiger partial charge in [0, 0.05) is 42.6 Å². The molecule has 26 heavy (non-hydrogen) atoms. The summed E-state index contributed by atoms with van der Waals surface area (Å²) >= 11 is 5.94. The van der Waals surface area contributed by atoms with Crippen molar-refractivity contribution in [2.75, 3.05) is 50.0 Å². The molecule has 0 aromatic heterocycles. The first kappa shape index (κ1) is 18.8. The van der Waals surface area contributed by atoms with Gasteiger partial charge in [-0.15, -0.1) is 0 Å². The fourth-order valence-electron chi connectivity index (χ4n) is 2.88. The molecule has 1 N–H and O–H groups in total. The smallest absolute Gasteiger partial charge is 0.265 e. The number of nitrogens with one attached hydrogen (secondary N) is 1. The highest BCUT2D eigenvalue weighted by atomic mass is 35.5. The zero-order chi connectivity index (χ0) is 18.7. The number of hydrogen-bond acceptors (Lipinski definition) is 5. The van der Waals surface area contributed by atoms with Gasteiger partial charge in [0.2, 0.25) is 0 Å². The molecule has 0 saturated carbocycles. The second kappa shape index (κ2) is 7.73. The van der Waals surface area contributed by atoms with Gasteiger partial charge in [0.05, 0.1) is 7.11 Å². The van der Waals surface area contributed by atoms with Crippen molar-refractivity contribution in [2.45, 2.75) is 4.90 Å². The molecule has 0 amide bonds. The van der Waals surface area contributed by atoms with Gasteiger partial charge >= 0.3 is 0 Å². The van der Waals surface area contributed by atoms with Crippen molar-refractivity contribution in [1.29, 1.82) is 0 Å². The molecule has 0 bridgehead atoms. The molecule has 0 unspecified atom stereocenters. The van der Waals surface area contributed by atoms with E-state index in [0.717, 1.165) is 31.9 Å². The first-order valence-corrected chi connectivity index (χ1v) is 10.1. The van der Waals surface area contributed by atoms with Gasteiger partial charge in [-0.25, -0.2) is 8.42 Å². The number of nitrogens with zero attached hydrogens (tertiary/aromatic N) is 2. The van der Waals surface area contributed by atoms with Crippen LogP contribution in [-0.4, -0.2) is 53.7 Å². The first-order valence-electron chi connectivity index (χ1n) is 8.29. The van der Waals surface area contributed by atoms with Crippen molar-refractivity contribution in [2.24, 2.45) is 0 Å². The molecule has 140 valence electrons. The van der Waals surface area contributed by atoms with Crippen LogP contribution in [0.15, 0.2) is 47.4 Å². The van der Waals surface area contributed by atoms with E-state index in [-0.39, 0.29) is 10.6 Å². The van der Waals surface area contributed by atoms with E-state index in [1.165, 1.54) is 19.2 Å². The predicted molar refractivity (Wildman–Crippen MR) is 105 cm³/mol. The average Bonchev–Trinajstić information content (AvgIpc) is 2.63. The molecule has 8 heteroatoms. The molecule has 1 heterocycles. The molecule has 3 rings (SSSR count). The third-order valence-corrected chi connectivity index (χ3v) is 6.04. The molecule has 0 atom stereocenters. The van der Waals surface area contributed by atoms with E-state index >= 15 is 0 Å². The maximum absolute atomic E-state index is 12.7. The number of ether oxygens (including phenoxy) is 1. The van der Waals surface area contributed by atoms with Crippen LogP contribution in [-0.2, 0) is 10.0 Å². The lowest BCUT2D eigenvalue weighted by molar-refractivity contribution is 0.313. The van der Waals surface area contributed by atoms with Crippen LogP contribution >= 0.6 is 11.6 Å². The summed E-state index contributed by atoms with van der Waals surface area (Å²) in [6.07, 6.45) is 0. The van der Waals surface area contributed by atoms with Crippen LogP contribution in [0.5, 0.6) is 5.75 Å². The highest BCUT2D eigenvalue weighted by molar-refractivity contribution is 7.92. The highest BCUT2D eigenvalue weighted by Gasteiger charge is 2.20. The molecule has 2 aromatic carbocycles. The van der Waals surface area contributed by atoms with Crippen LogP contribution in [0.4, 0.5) is 11.4 Å². The molecule has 1 saturated heterocycles. The van der Waals surface area contributed by atoms with Gasteiger partial charge in [-0.3, -0.25) is 4.72 Å². The number of likely N-dealkylation sites (N-methyl/N-ethyl adjacent to an activating group) is 1. The Morgan fingerprint density at radius 2 is 1.69 bits per heavy atom. The minimum atomic E-state index is -3.80. The molecule has 1 aliphatic rings. The van der Waals surface area contributed by atoms with Gasteiger partial charge < -0.3 is 14.5 Å². The number of halogens is 1. The molecular formula is C18H22ClN3O3S. The van der Waals surface area contributed by atoms with Crippen molar-refractivity contribution in [3.8, 4) is 5.75 Å². The van der Waals surface area contributed by atoms with Crippen molar-refractivity contribution < 1.29 is 13.2 Å². The van der Waals surface area contributed by atoms with Gasteiger partial charge in [-0.2, -0.15) is 0 Å². The van der Waals surface area contributed by atoms with Crippen LogP contribution in [0, 0.1) is 0 Å². The Morgan fingerprint density at radius 1 is 1.04 bits per heavy atom. The van der Waals surface area contributed by atoms with Crippen LogP contribution in [0.25, 0.3) is 0 Å². The summed E-state index contributed by atoms with van der Waals surface area (Å²) < 4.78 is 33.1. The second-order valence-electron chi connectivity index (χ2n) is 6.24. The van der Waals surface area contributed by atoms with Gasteiger partial charge in [-0.05, 0) is 49.5 Å². The number of hydrogen-bond donors (Lipinski definition) is 1. The number of methoxy groups -OCH3 is 1. The quantitative estimate of drug-likeness (QED) is 0.843. The van der Waals surface area contributed by atoms with E-state index in [2.05, 4.69) is 21.6 Å². The van der Waals surface area contributed by atoms with Gasteiger partial charge in [0.1, 0.15) is 10.6 Å². The summed E-state index contributed by atoms with van der Waals surface area (Å²) in [5.74, 6) is 0.246. The fourth-order valence-corrected chi connectivity index (χ4v) is 4.37. The third-order valence-electron chi connectivity index (χ3n) is 4.40. The third kappa shape index (κ3) is 4.23. The monoisotopic (exact) mass is 395 g/mol. The standard InChI is InChI=1S/C18H22ClN3O3S/c1-21-9-11-22(12-10-21)16-6-4-15(5-7-16)20-26(23,24)18-13-14(19)3-8-17(18)25-2/h3-8,13,20H,9-12H2,1-2H3. The summed E-state index contributed by atoms with van der Waals surface area (Å²) in [5, 5.41) is 0.330. The molecule has 1 fully saturated rings. The van der Waals surface area contributed by atoms with E-state index in [1.807, 2.05) is 12.1 Å². The first-order chi connectivity index (χ1) is 12.4. The van der Waals surface area contributed by atoms with Gasteiger partial charge in [0.25, 0.3) is 10.0 Å². The maximum Gasteiger partial charge on any atom is 0.265 e. The molecule has 0 spiro atoms. The summed E-state index contributed by atoms with van der Waals surface area (Å²) in [6.45, 7) is 3.95. The minimum Gasteiger partial charge on any atom is -0.495 e. The van der Waals surface area contributed by atoms with E-state index in [9.17, 15) is 8.42 Å². The Bertz CT molecular complexity index is 864. The summed E-state index contributed by atoms with van der Waals surface area (Å²) in [5.41, 5.74) is 1.58. The summed E-state index contributed by atoms with van der Waals surface area (Å²) in [6, 6.07) is 11.9. The lowest BCUT2D eigenvalue weighted by Crippen LogP contribution is -2.44. The topological polar surface area (TPSA) is 61.9 Å². The fraction of sp³-hybridized carbons (Fsp3) is 0.333. The molecule has 2 aromatic rings. The number of rotatable bonds is 5. The summed E-state index contributed by atoms with van der Waals surface area (Å²) in [4.78, 5) is 4.59. The minimum absolute atomic E-state index is 0.00986. The number of sulfonamides is 1. The second-order valence-corrected chi connectivity index (χ2v) is 8.33. The Kier molecular flexibility index (Phi) is 5.60. The SMILES string of the molecule is COc1ccc(Cl)cc1S(=O)(=O)Nc1ccc(N2CCN(C)CC2)cc1. The zero-order valence-corrected chi connectivity index (χ0v) is 16.3. The normalized spacial score (nSPS) is 15.7. The Labute approximate surface area is 159 Å². The highest BCUT2D eigenvalue weighted by Crippen LogP contribution is 2.29. The molecular weight excluding hydrogens is 374 g/mol. The Balaban J connectivity index is 1.77. The van der Waals surface area contributed by atoms with E-state index in [1.54, 1.807) is 18.2 Å². The van der Waals surface area contributed by atoms with Crippen molar-refractivity contribution in [3.05, 3.63) is 47.5 Å². The maximum atomic E-state index is 12.7. The molecule has 0 aliphatic carbocycles. The van der Waals surface area contributed by atoms with Crippen LogP contribution in [0.3, 0.4) is 0 Å². The predicted octanol–water partition coefficient (Wildman–Crippen LogP) is 2.90. The van der Waals surface area contributed by atoms with E-state index in [0.29, 0.717) is 10.7 Å². The number of anilines is 2. The van der Waals surface area contributed by atoms with Crippen molar-refractivity contribution >= 4 is 33.0 Å².